The summed E-state index contributed by atoms with van der Waals surface area (Å²) >= 11 is 12.9. The molecule has 1 aromatic heterocycles. The molecule has 1 unspecified atom stereocenters. The summed E-state index contributed by atoms with van der Waals surface area (Å²) in [6.07, 6.45) is 8.51. The van der Waals surface area contributed by atoms with E-state index in [-0.39, 0.29) is 6.23 Å². The summed E-state index contributed by atoms with van der Waals surface area (Å²) in [7, 11) is 0. The minimum Gasteiger partial charge on any atom is -0.478 e. The van der Waals surface area contributed by atoms with E-state index in [9.17, 15) is 4.79 Å². The van der Waals surface area contributed by atoms with Crippen LogP contribution in [-0.4, -0.2) is 27.5 Å². The summed E-state index contributed by atoms with van der Waals surface area (Å²) in [6.45, 7) is 2.87. The van der Waals surface area contributed by atoms with E-state index >= 15 is 0 Å². The van der Waals surface area contributed by atoms with Crippen molar-refractivity contribution in [1.82, 2.24) is 9.78 Å². The predicted octanol–water partition coefficient (Wildman–Crippen LogP) is 8.51. The van der Waals surface area contributed by atoms with E-state index in [0.29, 0.717) is 10.0 Å². The van der Waals surface area contributed by atoms with Gasteiger partial charge in [0.2, 0.25) is 0 Å². The fraction of sp³-hybridized carbons (Fsp3) is 0.226. The summed E-state index contributed by atoms with van der Waals surface area (Å²) in [5.74, 6) is -0.979. The van der Waals surface area contributed by atoms with Crippen LogP contribution in [0.3, 0.4) is 0 Å². The van der Waals surface area contributed by atoms with Crippen LogP contribution in [0.15, 0.2) is 72.9 Å². The second kappa shape index (κ2) is 11.6. The van der Waals surface area contributed by atoms with E-state index in [1.165, 1.54) is 0 Å². The molecule has 1 atom stereocenters. The average molecular weight is 547 g/mol. The normalized spacial score (nSPS) is 16.7. The highest BCUT2D eigenvalue weighted by atomic mass is 35.5. The first-order chi connectivity index (χ1) is 18.4. The molecule has 2 heterocycles. The molecule has 1 aliphatic rings. The first kappa shape index (κ1) is 26.2. The number of carboxylic acids is 1. The number of rotatable bonds is 7. The van der Waals surface area contributed by atoms with E-state index in [4.69, 9.17) is 33.0 Å². The average Bonchev–Trinajstić information content (AvgIpc) is 3.35. The first-order valence-corrected chi connectivity index (χ1v) is 13.5. The van der Waals surface area contributed by atoms with E-state index in [0.717, 1.165) is 82.7 Å². The SMILES string of the molecule is CC/C(=C(/c1ccc(/C=C/C(=O)O)cc1)c1ccc2c(cnn2C2CCCCO2)c1)c1ccc(Cl)cc1Cl. The van der Waals surface area contributed by atoms with Crippen molar-refractivity contribution < 1.29 is 14.6 Å². The Morgan fingerprint density at radius 3 is 2.55 bits per heavy atom. The quantitative estimate of drug-likeness (QED) is 0.186. The lowest BCUT2D eigenvalue weighted by atomic mass is 9.87. The van der Waals surface area contributed by atoms with Crippen LogP contribution >= 0.6 is 23.2 Å². The van der Waals surface area contributed by atoms with Gasteiger partial charge in [-0.2, -0.15) is 5.10 Å². The second-order valence-electron chi connectivity index (χ2n) is 9.31. The molecule has 1 saturated heterocycles. The van der Waals surface area contributed by atoms with Crippen molar-refractivity contribution in [3.63, 3.8) is 0 Å². The van der Waals surface area contributed by atoms with Crippen molar-refractivity contribution in [2.24, 2.45) is 0 Å². The van der Waals surface area contributed by atoms with Crippen LogP contribution in [0.5, 0.6) is 0 Å². The number of fused-ring (bicyclic) bond motifs is 1. The van der Waals surface area contributed by atoms with Crippen LogP contribution in [0.4, 0.5) is 0 Å². The fourth-order valence-corrected chi connectivity index (χ4v) is 5.56. The zero-order valence-electron chi connectivity index (χ0n) is 21.0. The number of hydrogen-bond donors (Lipinski definition) is 1. The molecule has 38 heavy (non-hydrogen) atoms. The Hall–Kier alpha value is -3.38. The Labute approximate surface area is 232 Å². The molecule has 0 radical (unpaired) electrons. The number of carboxylic acid groups (broad SMARTS) is 1. The van der Waals surface area contributed by atoms with Gasteiger partial charge in [0.25, 0.3) is 0 Å². The summed E-state index contributed by atoms with van der Waals surface area (Å²) in [6, 6.07) is 19.8. The van der Waals surface area contributed by atoms with E-state index in [1.54, 1.807) is 12.1 Å². The predicted molar refractivity (Wildman–Crippen MR) is 154 cm³/mol. The van der Waals surface area contributed by atoms with Crippen LogP contribution in [0.2, 0.25) is 10.0 Å². The summed E-state index contributed by atoms with van der Waals surface area (Å²) in [5.41, 5.74) is 6.95. The molecule has 5 nitrogen and oxygen atoms in total. The van der Waals surface area contributed by atoms with Crippen LogP contribution in [0, 0.1) is 0 Å². The maximum Gasteiger partial charge on any atom is 0.328 e. The summed E-state index contributed by atoms with van der Waals surface area (Å²) in [5, 5.41) is 15.9. The van der Waals surface area contributed by atoms with E-state index in [1.807, 2.05) is 47.3 Å². The van der Waals surface area contributed by atoms with Gasteiger partial charge in [-0.05, 0) is 89.4 Å². The second-order valence-corrected chi connectivity index (χ2v) is 10.2. The monoisotopic (exact) mass is 546 g/mol. The van der Waals surface area contributed by atoms with Crippen LogP contribution in [0.25, 0.3) is 28.1 Å². The third-order valence-electron chi connectivity index (χ3n) is 6.84. The van der Waals surface area contributed by atoms with Gasteiger partial charge in [0.05, 0.1) is 11.7 Å². The number of carbonyl (C=O) groups is 1. The lowest BCUT2D eigenvalue weighted by Gasteiger charge is -2.23. The number of allylic oxidation sites excluding steroid dienone is 1. The van der Waals surface area contributed by atoms with Crippen molar-refractivity contribution in [3.8, 4) is 0 Å². The minimum absolute atomic E-state index is 0.0346. The Morgan fingerprint density at radius 2 is 1.87 bits per heavy atom. The van der Waals surface area contributed by atoms with Gasteiger partial charge in [0.1, 0.15) is 0 Å². The summed E-state index contributed by atoms with van der Waals surface area (Å²) < 4.78 is 7.97. The van der Waals surface area contributed by atoms with E-state index < -0.39 is 5.97 Å². The molecule has 1 aliphatic heterocycles. The number of aliphatic carboxylic acids is 1. The number of nitrogens with zero attached hydrogens (tertiary/aromatic N) is 2. The number of benzene rings is 3. The molecule has 7 heteroatoms. The largest absolute Gasteiger partial charge is 0.478 e. The Balaban J connectivity index is 1.65. The van der Waals surface area contributed by atoms with Crippen LogP contribution in [0.1, 0.15) is 61.1 Å². The molecular weight excluding hydrogens is 519 g/mol. The Kier molecular flexibility index (Phi) is 7.98. The molecule has 4 aromatic rings. The summed E-state index contributed by atoms with van der Waals surface area (Å²) in [4.78, 5) is 11.0. The van der Waals surface area contributed by atoms with Gasteiger partial charge in [0.15, 0.2) is 6.23 Å². The number of hydrogen-bond acceptors (Lipinski definition) is 3. The molecule has 0 bridgehead atoms. The number of ether oxygens (including phenoxy) is 1. The molecule has 0 spiro atoms. The highest BCUT2D eigenvalue weighted by Gasteiger charge is 2.20. The van der Waals surface area contributed by atoms with Crippen molar-refractivity contribution in [2.75, 3.05) is 6.61 Å². The van der Waals surface area contributed by atoms with Gasteiger partial charge >= 0.3 is 5.97 Å². The third kappa shape index (κ3) is 5.56. The van der Waals surface area contributed by atoms with Crippen LogP contribution < -0.4 is 0 Å². The maximum absolute atomic E-state index is 11.0. The minimum atomic E-state index is -0.979. The van der Waals surface area contributed by atoms with Gasteiger partial charge in [-0.3, -0.25) is 0 Å². The van der Waals surface area contributed by atoms with Gasteiger partial charge < -0.3 is 9.84 Å². The molecule has 1 fully saturated rings. The zero-order valence-corrected chi connectivity index (χ0v) is 22.5. The third-order valence-corrected chi connectivity index (χ3v) is 7.39. The molecule has 194 valence electrons. The maximum atomic E-state index is 11.0. The van der Waals surface area contributed by atoms with Gasteiger partial charge in [-0.1, -0.05) is 66.5 Å². The lowest BCUT2D eigenvalue weighted by Crippen LogP contribution is -2.18. The first-order valence-electron chi connectivity index (χ1n) is 12.7. The molecular formula is C31H28Cl2N2O3. The standard InChI is InChI=1S/C31H28Cl2N2O3/c1-2-25(26-13-12-24(32)18-27(26)33)31(21-9-6-20(7-10-21)8-15-30(36)37)22-11-14-28-23(17-22)19-34-35(28)29-5-3-4-16-38-29/h6-15,17-19,29H,2-5,16H2,1H3,(H,36,37)/b15-8+,31-25+. The van der Waals surface area contributed by atoms with Crippen molar-refractivity contribution in [1.29, 1.82) is 0 Å². The molecule has 3 aromatic carbocycles. The molecule has 0 saturated carbocycles. The van der Waals surface area contributed by atoms with Crippen molar-refractivity contribution in [2.45, 2.75) is 38.8 Å². The van der Waals surface area contributed by atoms with Crippen molar-refractivity contribution in [3.05, 3.63) is 105 Å². The topological polar surface area (TPSA) is 64.3 Å². The molecule has 5 rings (SSSR count). The fourth-order valence-electron chi connectivity index (χ4n) is 5.03. The highest BCUT2D eigenvalue weighted by Crippen LogP contribution is 2.39. The van der Waals surface area contributed by atoms with Crippen LogP contribution in [-0.2, 0) is 9.53 Å². The van der Waals surface area contributed by atoms with Gasteiger partial charge in [-0.25, -0.2) is 9.48 Å². The van der Waals surface area contributed by atoms with Gasteiger partial charge in [-0.15, -0.1) is 0 Å². The lowest BCUT2D eigenvalue weighted by molar-refractivity contribution is -0.131. The zero-order chi connectivity index (χ0) is 26.6. The number of halogens is 2. The van der Waals surface area contributed by atoms with Crippen molar-refractivity contribution >= 4 is 57.3 Å². The Morgan fingerprint density at radius 1 is 1.08 bits per heavy atom. The van der Waals surface area contributed by atoms with E-state index in [2.05, 4.69) is 30.2 Å². The highest BCUT2D eigenvalue weighted by molar-refractivity contribution is 6.36. The molecule has 0 aliphatic carbocycles. The Bertz CT molecular complexity index is 1530. The van der Waals surface area contributed by atoms with Gasteiger partial charge in [0, 0.05) is 28.1 Å². The molecule has 0 amide bonds. The number of aromatic nitrogens is 2. The smallest absolute Gasteiger partial charge is 0.328 e. The molecule has 1 N–H and O–H groups in total.